The van der Waals surface area contributed by atoms with Crippen molar-refractivity contribution < 1.29 is 19.3 Å². The molecule has 0 spiro atoms. The highest BCUT2D eigenvalue weighted by Crippen LogP contribution is 2.62. The zero-order chi connectivity index (χ0) is 26.5. The Morgan fingerprint density at radius 1 is 1.05 bits per heavy atom. The molecule has 1 aliphatic heterocycles. The van der Waals surface area contributed by atoms with E-state index in [-0.39, 0.29) is 6.04 Å². The summed E-state index contributed by atoms with van der Waals surface area (Å²) < 4.78 is 18.1. The third-order valence-electron chi connectivity index (χ3n) is 9.58. The van der Waals surface area contributed by atoms with Crippen LogP contribution in [0.1, 0.15) is 94.6 Å². The lowest BCUT2D eigenvalue weighted by atomic mass is 9.48. The lowest BCUT2D eigenvalue weighted by Gasteiger charge is -2.57. The molecular formula is C33H45NO4. The fraction of sp³-hybridized carbons (Fsp3) is 0.636. The largest absolute Gasteiger partial charge is 0.493 e. The summed E-state index contributed by atoms with van der Waals surface area (Å²) in [5.74, 6) is 4.10. The van der Waals surface area contributed by atoms with Crippen LogP contribution in [0.4, 0.5) is 0 Å². The van der Waals surface area contributed by atoms with Crippen LogP contribution in [0.5, 0.6) is 11.5 Å². The SMILES string of the molecule is CCOc1c(CC(C)NCC(O)c2ccc3c(c2)COC(C)(C)O3)cccc1C12CC3CC(CC(C3)C1)C2. The van der Waals surface area contributed by atoms with E-state index in [1.54, 1.807) is 0 Å². The predicted molar refractivity (Wildman–Crippen MR) is 150 cm³/mol. The van der Waals surface area contributed by atoms with Crippen molar-refractivity contribution in [3.8, 4) is 11.5 Å². The molecule has 7 rings (SSSR count). The molecule has 5 nitrogen and oxygen atoms in total. The number of aliphatic hydroxyl groups is 1. The Morgan fingerprint density at radius 2 is 1.76 bits per heavy atom. The number of hydrogen-bond donors (Lipinski definition) is 2. The lowest BCUT2D eigenvalue weighted by Crippen LogP contribution is -2.48. The predicted octanol–water partition coefficient (Wildman–Crippen LogP) is 6.45. The van der Waals surface area contributed by atoms with Gasteiger partial charge in [0, 0.05) is 37.6 Å². The first kappa shape index (κ1) is 26.2. The molecule has 206 valence electrons. The second-order valence-electron chi connectivity index (χ2n) is 13.1. The van der Waals surface area contributed by atoms with Gasteiger partial charge >= 0.3 is 0 Å². The average Bonchev–Trinajstić information content (AvgIpc) is 2.87. The Morgan fingerprint density at radius 3 is 2.45 bits per heavy atom. The molecule has 0 amide bonds. The molecule has 4 saturated carbocycles. The minimum atomic E-state index is -0.614. The first-order valence-corrected chi connectivity index (χ1v) is 14.9. The molecule has 38 heavy (non-hydrogen) atoms. The van der Waals surface area contributed by atoms with Crippen molar-refractivity contribution in [1.82, 2.24) is 5.32 Å². The van der Waals surface area contributed by atoms with E-state index >= 15 is 0 Å². The molecule has 4 bridgehead atoms. The molecule has 2 atom stereocenters. The van der Waals surface area contributed by atoms with Gasteiger partial charge in [0.15, 0.2) is 0 Å². The third kappa shape index (κ3) is 5.10. The lowest BCUT2D eigenvalue weighted by molar-refractivity contribution is -0.180. The minimum Gasteiger partial charge on any atom is -0.493 e. The molecule has 2 N–H and O–H groups in total. The van der Waals surface area contributed by atoms with Gasteiger partial charge in [-0.1, -0.05) is 24.3 Å². The number of ether oxygens (including phenoxy) is 3. The van der Waals surface area contributed by atoms with Gasteiger partial charge < -0.3 is 24.6 Å². The average molecular weight is 520 g/mol. The van der Waals surface area contributed by atoms with Crippen LogP contribution in [0, 0.1) is 17.8 Å². The maximum absolute atomic E-state index is 11.0. The number of rotatable bonds is 9. The van der Waals surface area contributed by atoms with Gasteiger partial charge in [0.25, 0.3) is 0 Å². The first-order chi connectivity index (χ1) is 18.2. The van der Waals surface area contributed by atoms with E-state index in [4.69, 9.17) is 14.2 Å². The van der Waals surface area contributed by atoms with E-state index < -0.39 is 11.9 Å². The van der Waals surface area contributed by atoms with Crippen LogP contribution in [0.2, 0.25) is 0 Å². The second-order valence-corrected chi connectivity index (χ2v) is 13.1. The monoisotopic (exact) mass is 519 g/mol. The second kappa shape index (κ2) is 10.1. The molecule has 1 heterocycles. The summed E-state index contributed by atoms with van der Waals surface area (Å²) in [5.41, 5.74) is 4.95. The smallest absolute Gasteiger partial charge is 0.205 e. The summed E-state index contributed by atoms with van der Waals surface area (Å²) in [6.45, 7) is 9.82. The highest BCUT2D eigenvalue weighted by molar-refractivity contribution is 5.48. The van der Waals surface area contributed by atoms with Crippen molar-refractivity contribution in [2.24, 2.45) is 17.8 Å². The Bertz CT molecular complexity index is 1120. The normalized spacial score (nSPS) is 30.4. The van der Waals surface area contributed by atoms with Crippen LogP contribution >= 0.6 is 0 Å². The number of aliphatic hydroxyl groups excluding tert-OH is 1. The molecular weight excluding hydrogens is 474 g/mol. The Kier molecular flexibility index (Phi) is 6.99. The maximum Gasteiger partial charge on any atom is 0.205 e. The molecule has 0 saturated heterocycles. The summed E-state index contributed by atoms with van der Waals surface area (Å²) in [7, 11) is 0. The van der Waals surface area contributed by atoms with Crippen LogP contribution in [-0.2, 0) is 23.2 Å². The quantitative estimate of drug-likeness (QED) is 0.399. The van der Waals surface area contributed by atoms with E-state index in [0.29, 0.717) is 25.2 Å². The van der Waals surface area contributed by atoms with Crippen molar-refractivity contribution in [2.45, 2.75) is 103 Å². The molecule has 2 aromatic rings. The van der Waals surface area contributed by atoms with Crippen LogP contribution in [-0.4, -0.2) is 30.1 Å². The Balaban J connectivity index is 1.13. The summed E-state index contributed by atoms with van der Waals surface area (Å²) in [4.78, 5) is 0. The number of fused-ring (bicyclic) bond motifs is 1. The fourth-order valence-electron chi connectivity index (χ4n) is 8.32. The zero-order valence-electron chi connectivity index (χ0n) is 23.6. The highest BCUT2D eigenvalue weighted by Gasteiger charge is 2.52. The molecule has 4 aliphatic carbocycles. The van der Waals surface area contributed by atoms with Crippen LogP contribution in [0.25, 0.3) is 0 Å². The van der Waals surface area contributed by atoms with E-state index in [2.05, 4.69) is 37.4 Å². The minimum absolute atomic E-state index is 0.209. The molecule has 0 radical (unpaired) electrons. The number of benzene rings is 2. The molecule has 5 heteroatoms. The van der Waals surface area contributed by atoms with Crippen LogP contribution < -0.4 is 14.8 Å². The van der Waals surface area contributed by atoms with E-state index in [1.807, 2.05) is 32.0 Å². The van der Waals surface area contributed by atoms with Gasteiger partial charge in [0.05, 0.1) is 19.3 Å². The van der Waals surface area contributed by atoms with Crippen LogP contribution in [0.15, 0.2) is 36.4 Å². The number of para-hydroxylation sites is 1. The van der Waals surface area contributed by atoms with Gasteiger partial charge in [-0.2, -0.15) is 0 Å². The Labute approximate surface area is 228 Å². The van der Waals surface area contributed by atoms with E-state index in [9.17, 15) is 5.11 Å². The van der Waals surface area contributed by atoms with Crippen molar-refractivity contribution in [2.75, 3.05) is 13.2 Å². The third-order valence-corrected chi connectivity index (χ3v) is 9.58. The van der Waals surface area contributed by atoms with Gasteiger partial charge in [-0.15, -0.1) is 0 Å². The standard InChI is InChI=1S/C33H45NO4/c1-5-36-31-26(7-6-8-28(31)33-16-22-12-23(17-33)14-24(13-22)18-33)11-21(2)34-19-29(35)25-9-10-30-27(15-25)20-37-32(3,4)38-30/h6-10,15,21-24,29,34-35H,5,11-14,16-20H2,1-4H3. The number of nitrogens with one attached hydrogen (secondary N) is 1. The van der Waals surface area contributed by atoms with Gasteiger partial charge in [0.1, 0.15) is 11.5 Å². The number of hydrogen-bond acceptors (Lipinski definition) is 5. The summed E-state index contributed by atoms with van der Waals surface area (Å²) in [5, 5.41) is 14.5. The van der Waals surface area contributed by atoms with E-state index in [1.165, 1.54) is 49.7 Å². The fourth-order valence-corrected chi connectivity index (χ4v) is 8.32. The van der Waals surface area contributed by atoms with Gasteiger partial charge in [-0.05, 0) is 105 Å². The maximum atomic E-state index is 11.0. The van der Waals surface area contributed by atoms with Crippen molar-refractivity contribution in [3.05, 3.63) is 58.7 Å². The molecule has 5 aliphatic rings. The van der Waals surface area contributed by atoms with Gasteiger partial charge in [-0.25, -0.2) is 0 Å². The van der Waals surface area contributed by atoms with Crippen molar-refractivity contribution in [1.29, 1.82) is 0 Å². The summed E-state index contributed by atoms with van der Waals surface area (Å²) >= 11 is 0. The van der Waals surface area contributed by atoms with E-state index in [0.717, 1.165) is 46.8 Å². The molecule has 2 aromatic carbocycles. The Hall–Kier alpha value is -2.08. The molecule has 0 aromatic heterocycles. The molecule has 2 unspecified atom stereocenters. The van der Waals surface area contributed by atoms with Gasteiger partial charge in [0.2, 0.25) is 5.79 Å². The highest BCUT2D eigenvalue weighted by atomic mass is 16.7. The summed E-state index contributed by atoms with van der Waals surface area (Å²) in [6.07, 6.45) is 8.67. The topological polar surface area (TPSA) is 60.0 Å². The first-order valence-electron chi connectivity index (χ1n) is 14.9. The van der Waals surface area contributed by atoms with Crippen molar-refractivity contribution >= 4 is 0 Å². The summed E-state index contributed by atoms with van der Waals surface area (Å²) in [6, 6.07) is 13.0. The van der Waals surface area contributed by atoms with Gasteiger partial charge in [-0.3, -0.25) is 0 Å². The van der Waals surface area contributed by atoms with Crippen LogP contribution in [0.3, 0.4) is 0 Å². The molecule has 4 fully saturated rings. The zero-order valence-corrected chi connectivity index (χ0v) is 23.6. The van der Waals surface area contributed by atoms with Crippen molar-refractivity contribution in [3.63, 3.8) is 0 Å².